The number of nitrogens with one attached hydrogen (secondary N) is 2. The van der Waals surface area contributed by atoms with Gasteiger partial charge < -0.3 is 10.3 Å². The van der Waals surface area contributed by atoms with E-state index in [2.05, 4.69) is 31.2 Å². The zero-order valence-corrected chi connectivity index (χ0v) is 13.9. The van der Waals surface area contributed by atoms with Crippen molar-refractivity contribution < 1.29 is 0 Å². The van der Waals surface area contributed by atoms with Crippen LogP contribution in [0.5, 0.6) is 0 Å². The summed E-state index contributed by atoms with van der Waals surface area (Å²) in [7, 11) is 0. The number of imidazole rings is 1. The molecule has 0 aliphatic rings. The second-order valence-corrected chi connectivity index (χ2v) is 5.73. The Bertz CT molecular complexity index is 758. The van der Waals surface area contributed by atoms with E-state index in [1.165, 1.54) is 0 Å². The van der Waals surface area contributed by atoms with Gasteiger partial charge in [0.05, 0.1) is 21.1 Å². The third kappa shape index (κ3) is 3.20. The van der Waals surface area contributed by atoms with Gasteiger partial charge in [0.1, 0.15) is 0 Å². The van der Waals surface area contributed by atoms with Crippen LogP contribution in [0.2, 0.25) is 10.0 Å². The van der Waals surface area contributed by atoms with Crippen molar-refractivity contribution in [1.82, 2.24) is 9.97 Å². The summed E-state index contributed by atoms with van der Waals surface area (Å²) in [6.07, 6.45) is 0. The molecule has 0 spiro atoms. The first-order valence-corrected chi connectivity index (χ1v) is 7.04. The summed E-state index contributed by atoms with van der Waals surface area (Å²) in [6.45, 7) is 0. The molecule has 0 bridgehead atoms. The number of fused-ring (bicyclic) bond motifs is 1. The highest BCUT2D eigenvalue weighted by molar-refractivity contribution is 9.10. The smallest absolute Gasteiger partial charge is 0.205 e. The summed E-state index contributed by atoms with van der Waals surface area (Å²) >= 11 is 15.3. The molecular weight excluding hydrogens is 384 g/mol. The van der Waals surface area contributed by atoms with Gasteiger partial charge >= 0.3 is 0 Å². The molecule has 0 saturated heterocycles. The summed E-state index contributed by atoms with van der Waals surface area (Å²) < 4.78 is 1.00. The molecule has 1 aromatic heterocycles. The van der Waals surface area contributed by atoms with Crippen LogP contribution in [0.3, 0.4) is 0 Å². The Balaban J connectivity index is 0.00000147. The lowest BCUT2D eigenvalue weighted by Gasteiger charge is -2.03. The maximum atomic E-state index is 5.97. The van der Waals surface area contributed by atoms with E-state index in [0.29, 0.717) is 16.0 Å². The van der Waals surface area contributed by atoms with E-state index in [0.717, 1.165) is 21.2 Å². The van der Waals surface area contributed by atoms with Crippen molar-refractivity contribution in [3.8, 4) is 0 Å². The largest absolute Gasteiger partial charge is 0.326 e. The summed E-state index contributed by atoms with van der Waals surface area (Å²) in [4.78, 5) is 7.63. The van der Waals surface area contributed by atoms with Crippen molar-refractivity contribution in [2.75, 3.05) is 5.32 Å². The number of anilines is 2. The molecule has 0 fully saturated rings. The van der Waals surface area contributed by atoms with Gasteiger partial charge in [-0.05, 0) is 36.4 Å². The number of halogens is 4. The first-order valence-electron chi connectivity index (χ1n) is 5.49. The molecule has 20 heavy (non-hydrogen) atoms. The fourth-order valence-electron chi connectivity index (χ4n) is 1.75. The maximum Gasteiger partial charge on any atom is 0.205 e. The predicted octanol–water partition coefficient (Wildman–Crippen LogP) is 5.80. The SMILES string of the molecule is Cl.Clc1ccc(Nc2nc3ccc(Br)cc3[nH]2)cc1Cl. The highest BCUT2D eigenvalue weighted by Crippen LogP contribution is 2.27. The summed E-state index contributed by atoms with van der Waals surface area (Å²) in [5.41, 5.74) is 2.68. The molecule has 0 aliphatic heterocycles. The molecule has 3 nitrogen and oxygen atoms in total. The minimum absolute atomic E-state index is 0. The number of nitrogens with zero attached hydrogens (tertiary/aromatic N) is 1. The van der Waals surface area contributed by atoms with E-state index in [1.54, 1.807) is 12.1 Å². The molecule has 2 N–H and O–H groups in total. The molecule has 1 heterocycles. The monoisotopic (exact) mass is 391 g/mol. The van der Waals surface area contributed by atoms with E-state index in [1.807, 2.05) is 24.3 Å². The normalized spacial score (nSPS) is 10.3. The number of aromatic amines is 1. The summed E-state index contributed by atoms with van der Waals surface area (Å²) in [5, 5.41) is 4.19. The summed E-state index contributed by atoms with van der Waals surface area (Å²) in [5.74, 6) is 0.659. The highest BCUT2D eigenvalue weighted by atomic mass is 79.9. The summed E-state index contributed by atoms with van der Waals surface area (Å²) in [6, 6.07) is 11.2. The van der Waals surface area contributed by atoms with Crippen LogP contribution in [0.25, 0.3) is 11.0 Å². The molecule has 2 aromatic carbocycles. The number of aromatic nitrogens is 2. The Morgan fingerprint density at radius 1 is 1.05 bits per heavy atom. The van der Waals surface area contributed by atoms with Gasteiger partial charge in [-0.1, -0.05) is 39.1 Å². The van der Waals surface area contributed by atoms with E-state index in [4.69, 9.17) is 23.2 Å². The van der Waals surface area contributed by atoms with E-state index in [-0.39, 0.29) is 12.4 Å². The molecular formula is C13H9BrCl3N3. The van der Waals surface area contributed by atoms with Gasteiger partial charge in [0, 0.05) is 10.2 Å². The Morgan fingerprint density at radius 3 is 2.60 bits per heavy atom. The second-order valence-electron chi connectivity index (χ2n) is 4.00. The van der Waals surface area contributed by atoms with Crippen molar-refractivity contribution in [1.29, 1.82) is 0 Å². The van der Waals surface area contributed by atoms with Gasteiger partial charge in [0.2, 0.25) is 5.95 Å². The van der Waals surface area contributed by atoms with Crippen molar-refractivity contribution in [3.63, 3.8) is 0 Å². The molecule has 3 aromatic rings. The number of benzene rings is 2. The minimum atomic E-state index is 0. The van der Waals surface area contributed by atoms with E-state index < -0.39 is 0 Å². The molecule has 0 atom stereocenters. The fraction of sp³-hybridized carbons (Fsp3) is 0. The van der Waals surface area contributed by atoms with Crippen LogP contribution in [0.15, 0.2) is 40.9 Å². The molecule has 0 amide bonds. The van der Waals surface area contributed by atoms with E-state index in [9.17, 15) is 0 Å². The Morgan fingerprint density at radius 2 is 1.85 bits per heavy atom. The molecule has 0 aliphatic carbocycles. The Labute approximate surface area is 140 Å². The number of hydrogen-bond acceptors (Lipinski definition) is 2. The second kappa shape index (κ2) is 6.22. The predicted molar refractivity (Wildman–Crippen MR) is 90.8 cm³/mol. The lowest BCUT2D eigenvalue weighted by Crippen LogP contribution is -1.91. The number of hydrogen-bond donors (Lipinski definition) is 2. The van der Waals surface area contributed by atoms with Gasteiger partial charge in [-0.15, -0.1) is 12.4 Å². The highest BCUT2D eigenvalue weighted by Gasteiger charge is 2.05. The Hall–Kier alpha value is -0.940. The van der Waals surface area contributed by atoms with Crippen LogP contribution in [0.1, 0.15) is 0 Å². The van der Waals surface area contributed by atoms with Crippen molar-refractivity contribution in [2.24, 2.45) is 0 Å². The van der Waals surface area contributed by atoms with Crippen molar-refractivity contribution in [2.45, 2.75) is 0 Å². The molecule has 104 valence electrons. The van der Waals surface area contributed by atoms with Crippen molar-refractivity contribution >= 4 is 74.2 Å². The first kappa shape index (κ1) is 15.4. The van der Waals surface area contributed by atoms with Crippen LogP contribution in [0, 0.1) is 0 Å². The minimum Gasteiger partial charge on any atom is -0.326 e. The van der Waals surface area contributed by atoms with Crippen LogP contribution >= 0.6 is 51.5 Å². The zero-order valence-electron chi connectivity index (χ0n) is 9.95. The molecule has 0 unspecified atom stereocenters. The fourth-order valence-corrected chi connectivity index (χ4v) is 2.41. The van der Waals surface area contributed by atoms with Gasteiger partial charge in [-0.3, -0.25) is 0 Å². The lowest BCUT2D eigenvalue weighted by atomic mass is 10.3. The number of rotatable bonds is 2. The molecule has 3 rings (SSSR count). The van der Waals surface area contributed by atoms with Gasteiger partial charge in [-0.25, -0.2) is 4.98 Å². The molecule has 0 saturated carbocycles. The standard InChI is InChI=1S/C13H8BrCl2N3.ClH/c14-7-1-4-11-12(5-7)19-13(18-11)17-8-2-3-9(15)10(16)6-8;/h1-6H,(H2,17,18,19);1H. The first-order chi connectivity index (χ1) is 9.11. The van der Waals surface area contributed by atoms with Crippen LogP contribution in [-0.4, -0.2) is 9.97 Å². The van der Waals surface area contributed by atoms with Gasteiger partial charge in [-0.2, -0.15) is 0 Å². The lowest BCUT2D eigenvalue weighted by molar-refractivity contribution is 1.31. The van der Waals surface area contributed by atoms with Crippen LogP contribution in [0.4, 0.5) is 11.6 Å². The van der Waals surface area contributed by atoms with E-state index >= 15 is 0 Å². The van der Waals surface area contributed by atoms with Crippen molar-refractivity contribution in [3.05, 3.63) is 50.9 Å². The van der Waals surface area contributed by atoms with Crippen LogP contribution < -0.4 is 5.32 Å². The third-order valence-corrected chi connectivity index (χ3v) is 3.86. The quantitative estimate of drug-likeness (QED) is 0.578. The third-order valence-electron chi connectivity index (χ3n) is 2.63. The maximum absolute atomic E-state index is 5.97. The average molecular weight is 393 g/mol. The van der Waals surface area contributed by atoms with Gasteiger partial charge in [0.15, 0.2) is 0 Å². The Kier molecular flexibility index (Phi) is 4.81. The number of H-pyrrole nitrogens is 1. The molecule has 7 heteroatoms. The molecule has 0 radical (unpaired) electrons. The average Bonchev–Trinajstić information content (AvgIpc) is 2.75. The van der Waals surface area contributed by atoms with Crippen LogP contribution in [-0.2, 0) is 0 Å². The topological polar surface area (TPSA) is 40.7 Å². The van der Waals surface area contributed by atoms with Gasteiger partial charge in [0.25, 0.3) is 0 Å². The zero-order chi connectivity index (χ0) is 13.4.